The number of aromatic amines is 1. The number of aryl methyl sites for hydroxylation is 1. The van der Waals surface area contributed by atoms with Crippen LogP contribution in [0.4, 0.5) is 0 Å². The minimum Gasteiger partial charge on any atom is -0.497 e. The Morgan fingerprint density at radius 2 is 1.88 bits per heavy atom. The first-order valence-electron chi connectivity index (χ1n) is 8.42. The molecule has 0 atom stereocenters. The summed E-state index contributed by atoms with van der Waals surface area (Å²) >= 11 is 0. The molecule has 2 aromatic rings. The van der Waals surface area contributed by atoms with Crippen molar-refractivity contribution in [2.24, 2.45) is 0 Å². The minimum absolute atomic E-state index is 0.296. The molecule has 140 valence electrons. The van der Waals surface area contributed by atoms with Crippen molar-refractivity contribution >= 4 is 28.4 Å². The van der Waals surface area contributed by atoms with Crippen LogP contribution in [0.25, 0.3) is 16.5 Å². The lowest BCUT2D eigenvalue weighted by molar-refractivity contribution is -0.143. The second-order valence-corrected chi connectivity index (χ2v) is 6.01. The lowest BCUT2D eigenvalue weighted by atomic mass is 9.97. The van der Waals surface area contributed by atoms with Crippen LogP contribution in [0.1, 0.15) is 30.5 Å². The van der Waals surface area contributed by atoms with Crippen molar-refractivity contribution < 1.29 is 24.5 Å². The van der Waals surface area contributed by atoms with Gasteiger partial charge in [0.15, 0.2) is 0 Å². The number of H-pyrrole nitrogens is 1. The number of hydrogen-bond donors (Lipinski definition) is 4. The monoisotopic (exact) mass is 360 g/mol. The number of fused-ring (bicyclic) bond motifs is 1. The van der Waals surface area contributed by atoms with Gasteiger partial charge in [-0.15, -0.1) is 0 Å². The fraction of sp³-hybridized carbons (Fsp3) is 0.368. The topological polar surface area (TPSA) is 112 Å². The van der Waals surface area contributed by atoms with Crippen LogP contribution in [0, 0.1) is 6.92 Å². The van der Waals surface area contributed by atoms with Crippen LogP contribution in [0.5, 0.6) is 5.75 Å². The van der Waals surface area contributed by atoms with E-state index in [2.05, 4.69) is 35.4 Å². The summed E-state index contributed by atoms with van der Waals surface area (Å²) in [5, 5.41) is 20.4. The molecule has 7 nitrogen and oxygen atoms in total. The van der Waals surface area contributed by atoms with Crippen molar-refractivity contribution in [2.45, 2.75) is 26.2 Å². The SMILES string of the molecule is COc1ccc2[nH]c(C)c(C3=CCNCC3)c2c1.O=C(O)CCC(=O)O. The van der Waals surface area contributed by atoms with Gasteiger partial charge in [0, 0.05) is 28.7 Å². The van der Waals surface area contributed by atoms with Gasteiger partial charge in [0.05, 0.1) is 20.0 Å². The third kappa shape index (κ3) is 5.10. The van der Waals surface area contributed by atoms with Crippen molar-refractivity contribution in [1.82, 2.24) is 10.3 Å². The molecule has 1 aromatic carbocycles. The van der Waals surface area contributed by atoms with Crippen molar-refractivity contribution in [3.8, 4) is 5.75 Å². The Hall–Kier alpha value is -2.80. The number of benzene rings is 1. The predicted molar refractivity (Wildman–Crippen MR) is 99.6 cm³/mol. The number of aromatic nitrogens is 1. The summed E-state index contributed by atoms with van der Waals surface area (Å²) in [5.74, 6) is -1.24. The molecule has 0 unspecified atom stereocenters. The fourth-order valence-corrected chi connectivity index (χ4v) is 2.91. The lowest BCUT2D eigenvalue weighted by Crippen LogP contribution is -2.20. The molecular weight excluding hydrogens is 336 g/mol. The first-order chi connectivity index (χ1) is 12.4. The van der Waals surface area contributed by atoms with Crippen LogP contribution in [-0.4, -0.2) is 47.3 Å². The molecule has 0 spiro atoms. The third-order valence-corrected chi connectivity index (χ3v) is 4.13. The van der Waals surface area contributed by atoms with E-state index in [-0.39, 0.29) is 12.8 Å². The van der Waals surface area contributed by atoms with E-state index in [0.717, 1.165) is 25.3 Å². The standard InChI is InChI=1S/C15H18N2O.C4H6O4/c1-10-15(11-5-7-16-8-6-11)13-9-12(18-2)3-4-14(13)17-10;5-3(6)1-2-4(7)8/h3-5,9,16-17H,6-8H2,1-2H3;1-2H2,(H,5,6)(H,7,8). The van der Waals surface area contributed by atoms with E-state index in [1.165, 1.54) is 27.7 Å². The van der Waals surface area contributed by atoms with Gasteiger partial charge >= 0.3 is 11.9 Å². The molecule has 0 saturated carbocycles. The van der Waals surface area contributed by atoms with Gasteiger partial charge in [0.25, 0.3) is 0 Å². The van der Waals surface area contributed by atoms with Crippen molar-refractivity contribution in [2.75, 3.05) is 20.2 Å². The van der Waals surface area contributed by atoms with Gasteiger partial charge in [-0.25, -0.2) is 0 Å². The number of nitrogens with one attached hydrogen (secondary N) is 2. The molecule has 0 fully saturated rings. The summed E-state index contributed by atoms with van der Waals surface area (Å²) in [4.78, 5) is 22.7. The Bertz CT molecular complexity index is 809. The maximum Gasteiger partial charge on any atom is 0.303 e. The number of carbonyl (C=O) groups is 2. The van der Waals surface area contributed by atoms with E-state index in [9.17, 15) is 9.59 Å². The number of aliphatic carboxylic acids is 2. The highest BCUT2D eigenvalue weighted by Crippen LogP contribution is 2.33. The predicted octanol–water partition coefficient (Wildman–Crippen LogP) is 2.80. The van der Waals surface area contributed by atoms with Gasteiger partial charge < -0.3 is 25.3 Å². The summed E-state index contributed by atoms with van der Waals surface area (Å²) in [6.45, 7) is 4.16. The zero-order valence-corrected chi connectivity index (χ0v) is 15.0. The summed E-state index contributed by atoms with van der Waals surface area (Å²) < 4.78 is 5.33. The number of ether oxygens (including phenoxy) is 1. The minimum atomic E-state index is -1.08. The van der Waals surface area contributed by atoms with Gasteiger partial charge in [-0.3, -0.25) is 9.59 Å². The zero-order chi connectivity index (χ0) is 19.1. The van der Waals surface area contributed by atoms with E-state index in [1.54, 1.807) is 7.11 Å². The second kappa shape index (κ2) is 9.05. The molecule has 2 heterocycles. The number of rotatable bonds is 5. The van der Waals surface area contributed by atoms with Gasteiger partial charge in [-0.1, -0.05) is 6.08 Å². The Labute approximate surface area is 151 Å². The number of carboxylic acids is 2. The summed E-state index contributed by atoms with van der Waals surface area (Å²) in [6, 6.07) is 6.21. The molecule has 1 aromatic heterocycles. The van der Waals surface area contributed by atoms with Gasteiger partial charge in [-0.05, 0) is 43.7 Å². The molecule has 7 heteroatoms. The van der Waals surface area contributed by atoms with E-state index in [4.69, 9.17) is 14.9 Å². The zero-order valence-electron chi connectivity index (χ0n) is 15.0. The molecule has 0 aliphatic carbocycles. The molecule has 26 heavy (non-hydrogen) atoms. The Balaban J connectivity index is 0.000000260. The molecule has 0 saturated heterocycles. The molecule has 0 radical (unpaired) electrons. The maximum absolute atomic E-state index is 9.64. The van der Waals surface area contributed by atoms with Crippen molar-refractivity contribution in [3.05, 3.63) is 35.5 Å². The van der Waals surface area contributed by atoms with E-state index >= 15 is 0 Å². The van der Waals surface area contributed by atoms with E-state index in [1.807, 2.05) is 6.07 Å². The Morgan fingerprint density at radius 3 is 2.42 bits per heavy atom. The molecular formula is C19H24N2O5. The van der Waals surface area contributed by atoms with Crippen LogP contribution in [0.2, 0.25) is 0 Å². The number of hydrogen-bond acceptors (Lipinski definition) is 4. The Morgan fingerprint density at radius 1 is 1.19 bits per heavy atom. The van der Waals surface area contributed by atoms with Gasteiger partial charge in [0.1, 0.15) is 5.75 Å². The molecule has 4 N–H and O–H groups in total. The highest BCUT2D eigenvalue weighted by molar-refractivity contribution is 5.95. The first-order valence-corrected chi connectivity index (χ1v) is 8.42. The average Bonchev–Trinajstić information content (AvgIpc) is 2.96. The number of carboxylic acid groups (broad SMARTS) is 2. The van der Waals surface area contributed by atoms with E-state index in [0.29, 0.717) is 0 Å². The highest BCUT2D eigenvalue weighted by Gasteiger charge is 2.14. The van der Waals surface area contributed by atoms with Gasteiger partial charge in [0.2, 0.25) is 0 Å². The Kier molecular flexibility index (Phi) is 6.80. The van der Waals surface area contributed by atoms with E-state index < -0.39 is 11.9 Å². The summed E-state index contributed by atoms with van der Waals surface area (Å²) in [7, 11) is 1.71. The average molecular weight is 360 g/mol. The molecule has 1 aliphatic heterocycles. The molecule has 0 bridgehead atoms. The van der Waals surface area contributed by atoms with Crippen LogP contribution >= 0.6 is 0 Å². The number of methoxy groups -OCH3 is 1. The highest BCUT2D eigenvalue weighted by atomic mass is 16.5. The third-order valence-electron chi connectivity index (χ3n) is 4.13. The van der Waals surface area contributed by atoms with Crippen LogP contribution in [0.15, 0.2) is 24.3 Å². The first kappa shape index (κ1) is 19.5. The van der Waals surface area contributed by atoms with Gasteiger partial charge in [-0.2, -0.15) is 0 Å². The fourth-order valence-electron chi connectivity index (χ4n) is 2.91. The molecule has 3 rings (SSSR count). The normalized spacial score (nSPS) is 13.5. The summed E-state index contributed by atoms with van der Waals surface area (Å²) in [6.07, 6.45) is 2.79. The van der Waals surface area contributed by atoms with Crippen molar-refractivity contribution in [3.63, 3.8) is 0 Å². The smallest absolute Gasteiger partial charge is 0.303 e. The van der Waals surface area contributed by atoms with Crippen molar-refractivity contribution in [1.29, 1.82) is 0 Å². The molecule has 0 amide bonds. The largest absolute Gasteiger partial charge is 0.497 e. The van der Waals surface area contributed by atoms with Crippen LogP contribution in [0.3, 0.4) is 0 Å². The maximum atomic E-state index is 9.64. The molecule has 1 aliphatic rings. The second-order valence-electron chi connectivity index (χ2n) is 6.01. The quantitative estimate of drug-likeness (QED) is 0.652. The lowest BCUT2D eigenvalue weighted by Gasteiger charge is -2.14. The van der Waals surface area contributed by atoms with Crippen LogP contribution < -0.4 is 10.1 Å². The summed E-state index contributed by atoms with van der Waals surface area (Å²) in [5.41, 5.74) is 5.21. The van der Waals surface area contributed by atoms with Crippen LogP contribution in [-0.2, 0) is 9.59 Å².